The van der Waals surface area contributed by atoms with Gasteiger partial charge in [0.2, 0.25) is 0 Å². The maximum Gasteiger partial charge on any atom is 0.287 e. The third-order valence-electron chi connectivity index (χ3n) is 3.23. The fourth-order valence-electron chi connectivity index (χ4n) is 1.99. The number of hydrogen-bond acceptors (Lipinski definition) is 4. The van der Waals surface area contributed by atoms with Crippen LogP contribution in [-0.4, -0.2) is 32.0 Å². The van der Waals surface area contributed by atoms with Gasteiger partial charge in [-0.05, 0) is 31.5 Å². The summed E-state index contributed by atoms with van der Waals surface area (Å²) in [6.45, 7) is 3.66. The molecule has 0 aromatic carbocycles. The molecule has 2 heterocycles. The maximum atomic E-state index is 11.8. The van der Waals surface area contributed by atoms with Gasteiger partial charge in [-0.15, -0.1) is 24.0 Å². The predicted octanol–water partition coefficient (Wildman–Crippen LogP) is 2.28. The van der Waals surface area contributed by atoms with Crippen LogP contribution >= 0.6 is 24.0 Å². The Morgan fingerprint density at radius 3 is 2.54 bits per heavy atom. The molecule has 24 heavy (non-hydrogen) atoms. The average Bonchev–Trinajstić information content (AvgIpc) is 3.21. The van der Waals surface area contributed by atoms with E-state index in [1.807, 2.05) is 19.1 Å². The second-order valence-electron chi connectivity index (χ2n) is 4.97. The fraction of sp³-hybridized carbons (Fsp3) is 0.375. The van der Waals surface area contributed by atoms with Gasteiger partial charge >= 0.3 is 0 Å². The van der Waals surface area contributed by atoms with Crippen LogP contribution < -0.4 is 16.0 Å². The quantitative estimate of drug-likeness (QED) is 0.263. The number of amides is 1. The minimum atomic E-state index is -0.187. The topological polar surface area (TPSA) is 91.8 Å². The van der Waals surface area contributed by atoms with Gasteiger partial charge in [-0.3, -0.25) is 9.79 Å². The second-order valence-corrected chi connectivity index (χ2v) is 4.97. The molecule has 2 rings (SSSR count). The Hall–Kier alpha value is -1.97. The molecular weight excluding hydrogens is 423 g/mol. The van der Waals surface area contributed by atoms with Gasteiger partial charge in [-0.25, -0.2) is 0 Å². The lowest BCUT2D eigenvalue weighted by Gasteiger charge is -2.11. The molecule has 8 heteroatoms. The molecular formula is C16H23IN4O3. The van der Waals surface area contributed by atoms with Gasteiger partial charge in [-0.1, -0.05) is 0 Å². The van der Waals surface area contributed by atoms with E-state index in [0.717, 1.165) is 17.7 Å². The van der Waals surface area contributed by atoms with Crippen molar-refractivity contribution in [2.24, 2.45) is 4.99 Å². The molecule has 0 fully saturated rings. The van der Waals surface area contributed by atoms with Crippen molar-refractivity contribution < 1.29 is 13.6 Å². The number of aliphatic imine (C=N–C) groups is 1. The van der Waals surface area contributed by atoms with Crippen molar-refractivity contribution in [1.82, 2.24) is 16.0 Å². The zero-order valence-corrected chi connectivity index (χ0v) is 16.1. The highest BCUT2D eigenvalue weighted by Gasteiger charge is 2.11. The number of hydrogen-bond donors (Lipinski definition) is 3. The summed E-state index contributed by atoms with van der Waals surface area (Å²) in [4.78, 5) is 16.0. The molecule has 0 radical (unpaired) electrons. The number of nitrogens with one attached hydrogen (secondary N) is 3. The highest BCUT2D eigenvalue weighted by molar-refractivity contribution is 14.0. The Labute approximate surface area is 158 Å². The van der Waals surface area contributed by atoms with E-state index in [-0.39, 0.29) is 29.9 Å². The molecule has 1 amide bonds. The highest BCUT2D eigenvalue weighted by atomic mass is 127. The number of nitrogens with zero attached hydrogens (tertiary/aromatic N) is 1. The molecule has 2 aromatic heterocycles. The summed E-state index contributed by atoms with van der Waals surface area (Å²) in [5.41, 5.74) is 0.836. The lowest BCUT2D eigenvalue weighted by Crippen LogP contribution is -2.38. The summed E-state index contributed by atoms with van der Waals surface area (Å²) >= 11 is 0. The highest BCUT2D eigenvalue weighted by Crippen LogP contribution is 2.07. The minimum Gasteiger partial charge on any atom is -0.467 e. The van der Waals surface area contributed by atoms with Crippen LogP contribution in [0.3, 0.4) is 0 Å². The molecule has 132 valence electrons. The van der Waals surface area contributed by atoms with Crippen molar-refractivity contribution in [2.75, 3.05) is 20.1 Å². The van der Waals surface area contributed by atoms with Gasteiger partial charge in [-0.2, -0.15) is 0 Å². The average molecular weight is 446 g/mol. The van der Waals surface area contributed by atoms with Crippen molar-refractivity contribution >= 4 is 35.8 Å². The lowest BCUT2D eigenvalue weighted by molar-refractivity contribution is 0.0925. The van der Waals surface area contributed by atoms with Crippen LogP contribution in [0, 0.1) is 6.92 Å². The van der Waals surface area contributed by atoms with Gasteiger partial charge in [0.1, 0.15) is 5.76 Å². The first-order valence-electron chi connectivity index (χ1n) is 7.50. The number of furan rings is 2. The number of rotatable bonds is 7. The third-order valence-corrected chi connectivity index (χ3v) is 3.23. The van der Waals surface area contributed by atoms with Crippen molar-refractivity contribution in [3.05, 3.63) is 47.8 Å². The molecule has 3 N–H and O–H groups in total. The summed E-state index contributed by atoms with van der Waals surface area (Å²) in [7, 11) is 1.71. The first kappa shape index (κ1) is 20.1. The van der Waals surface area contributed by atoms with Crippen molar-refractivity contribution in [1.29, 1.82) is 0 Å². The van der Waals surface area contributed by atoms with Crippen LogP contribution in [0.4, 0.5) is 0 Å². The Balaban J connectivity index is 0.00000288. The van der Waals surface area contributed by atoms with Crippen LogP contribution in [0.5, 0.6) is 0 Å². The van der Waals surface area contributed by atoms with Gasteiger partial charge in [0.05, 0.1) is 19.1 Å². The Bertz CT molecular complexity index is 638. The summed E-state index contributed by atoms with van der Waals surface area (Å²) in [6.07, 6.45) is 3.92. The van der Waals surface area contributed by atoms with Gasteiger partial charge < -0.3 is 24.8 Å². The zero-order valence-electron chi connectivity index (χ0n) is 13.8. The molecule has 0 aliphatic rings. The largest absolute Gasteiger partial charge is 0.467 e. The van der Waals surface area contributed by atoms with E-state index in [1.54, 1.807) is 19.4 Å². The molecule has 0 aliphatic heterocycles. The molecule has 0 bridgehead atoms. The van der Waals surface area contributed by atoms with Gasteiger partial charge in [0.15, 0.2) is 11.7 Å². The van der Waals surface area contributed by atoms with Crippen LogP contribution in [-0.2, 0) is 6.54 Å². The first-order chi connectivity index (χ1) is 11.2. The van der Waals surface area contributed by atoms with Crippen LogP contribution in [0.1, 0.15) is 28.3 Å². The Morgan fingerprint density at radius 1 is 1.12 bits per heavy atom. The first-order valence-corrected chi connectivity index (χ1v) is 7.50. The molecule has 7 nitrogen and oxygen atoms in total. The van der Waals surface area contributed by atoms with E-state index >= 15 is 0 Å². The van der Waals surface area contributed by atoms with Crippen LogP contribution in [0.15, 0.2) is 44.6 Å². The Kier molecular flexibility index (Phi) is 8.98. The molecule has 0 saturated carbocycles. The monoisotopic (exact) mass is 446 g/mol. The third kappa shape index (κ3) is 6.26. The van der Waals surface area contributed by atoms with E-state index < -0.39 is 0 Å². The molecule has 0 atom stereocenters. The van der Waals surface area contributed by atoms with E-state index in [9.17, 15) is 4.79 Å². The summed E-state index contributed by atoms with van der Waals surface area (Å²) in [6, 6.07) is 5.51. The van der Waals surface area contributed by atoms with Crippen molar-refractivity contribution in [2.45, 2.75) is 19.9 Å². The summed E-state index contributed by atoms with van der Waals surface area (Å²) in [5.74, 6) is 1.71. The molecule has 0 saturated heterocycles. The maximum absolute atomic E-state index is 11.8. The number of carbonyl (C=O) groups is 1. The number of guanidine groups is 1. The van der Waals surface area contributed by atoms with E-state index in [4.69, 9.17) is 8.83 Å². The molecule has 0 aliphatic carbocycles. The SMILES string of the molecule is CN=C(NCCCNC(=O)c1occc1C)NCc1ccco1.I. The van der Waals surface area contributed by atoms with Crippen molar-refractivity contribution in [3.8, 4) is 0 Å². The smallest absolute Gasteiger partial charge is 0.287 e. The van der Waals surface area contributed by atoms with E-state index in [0.29, 0.717) is 31.4 Å². The lowest BCUT2D eigenvalue weighted by atomic mass is 10.2. The minimum absolute atomic E-state index is 0. The van der Waals surface area contributed by atoms with E-state index in [1.165, 1.54) is 6.26 Å². The molecule has 0 unspecified atom stereocenters. The molecule has 0 spiro atoms. The Morgan fingerprint density at radius 2 is 1.92 bits per heavy atom. The number of aryl methyl sites for hydroxylation is 1. The predicted molar refractivity (Wildman–Crippen MR) is 103 cm³/mol. The zero-order chi connectivity index (χ0) is 16.5. The van der Waals surface area contributed by atoms with Gasteiger partial charge in [0, 0.05) is 25.7 Å². The number of halogens is 1. The number of carbonyl (C=O) groups excluding carboxylic acids is 1. The van der Waals surface area contributed by atoms with E-state index in [2.05, 4.69) is 20.9 Å². The van der Waals surface area contributed by atoms with Crippen LogP contribution in [0.25, 0.3) is 0 Å². The normalized spacial score (nSPS) is 10.8. The summed E-state index contributed by atoms with van der Waals surface area (Å²) in [5, 5.41) is 9.14. The molecule has 2 aromatic rings. The van der Waals surface area contributed by atoms with Gasteiger partial charge in [0.25, 0.3) is 5.91 Å². The fourth-order valence-corrected chi connectivity index (χ4v) is 1.99. The van der Waals surface area contributed by atoms with Crippen molar-refractivity contribution in [3.63, 3.8) is 0 Å². The summed E-state index contributed by atoms with van der Waals surface area (Å²) < 4.78 is 10.4. The standard InChI is InChI=1S/C16H22N4O3.HI/c1-12-6-10-23-14(12)15(21)18-7-4-8-19-16(17-2)20-11-13-5-3-9-22-13;/h3,5-6,9-10H,4,7-8,11H2,1-2H3,(H,18,21)(H2,17,19,20);1H. The second kappa shape index (κ2) is 10.7. The van der Waals surface area contributed by atoms with Crippen LogP contribution in [0.2, 0.25) is 0 Å².